The van der Waals surface area contributed by atoms with Crippen LogP contribution >= 0.6 is 24.8 Å². The molecule has 1 amide bonds. The molecule has 0 bridgehead atoms. The van der Waals surface area contributed by atoms with E-state index < -0.39 is 6.04 Å². The molecule has 1 aromatic carbocycles. The Morgan fingerprint density at radius 2 is 1.71 bits per heavy atom. The van der Waals surface area contributed by atoms with Crippen molar-refractivity contribution >= 4 is 30.7 Å². The Bertz CT molecular complexity index is 518. The van der Waals surface area contributed by atoms with Gasteiger partial charge in [0.15, 0.2) is 0 Å². The van der Waals surface area contributed by atoms with E-state index in [0.717, 1.165) is 25.1 Å². The Labute approximate surface area is 157 Å². The van der Waals surface area contributed by atoms with Crippen molar-refractivity contribution in [3.8, 4) is 0 Å². The molecule has 2 fully saturated rings. The molecule has 136 valence electrons. The van der Waals surface area contributed by atoms with E-state index in [9.17, 15) is 4.79 Å². The number of rotatable bonds is 3. The summed E-state index contributed by atoms with van der Waals surface area (Å²) in [6.07, 6.45) is 5.04. The molecule has 0 saturated carbocycles. The van der Waals surface area contributed by atoms with Crippen LogP contribution in [0.15, 0.2) is 24.3 Å². The number of halogens is 2. The molecule has 6 heteroatoms. The minimum absolute atomic E-state index is 0. The number of nitrogens with two attached hydrogens (primary N) is 1. The van der Waals surface area contributed by atoms with E-state index in [-0.39, 0.29) is 30.7 Å². The van der Waals surface area contributed by atoms with Crippen molar-refractivity contribution in [1.29, 1.82) is 0 Å². The molecule has 0 aliphatic carbocycles. The van der Waals surface area contributed by atoms with Crippen molar-refractivity contribution in [3.05, 3.63) is 35.4 Å². The van der Waals surface area contributed by atoms with E-state index in [2.05, 4.69) is 4.90 Å². The molecule has 0 spiro atoms. The van der Waals surface area contributed by atoms with Gasteiger partial charge in [-0.3, -0.25) is 9.69 Å². The fraction of sp³-hybridized carbons (Fsp3) is 0.611. The quantitative estimate of drug-likeness (QED) is 0.885. The summed E-state index contributed by atoms with van der Waals surface area (Å²) in [7, 11) is 0. The number of likely N-dealkylation sites (tertiary alicyclic amines) is 2. The topological polar surface area (TPSA) is 49.6 Å². The van der Waals surface area contributed by atoms with Crippen molar-refractivity contribution in [1.82, 2.24) is 9.80 Å². The zero-order valence-electron chi connectivity index (χ0n) is 14.3. The lowest BCUT2D eigenvalue weighted by Crippen LogP contribution is -2.43. The highest BCUT2D eigenvalue weighted by molar-refractivity contribution is 5.85. The van der Waals surface area contributed by atoms with E-state index in [1.807, 2.05) is 36.1 Å². The zero-order valence-corrected chi connectivity index (χ0v) is 16.0. The molecule has 24 heavy (non-hydrogen) atoms. The van der Waals surface area contributed by atoms with Crippen molar-refractivity contribution in [2.24, 2.45) is 5.73 Å². The Morgan fingerprint density at radius 3 is 2.33 bits per heavy atom. The second-order valence-electron chi connectivity index (χ2n) is 6.71. The monoisotopic (exact) mass is 373 g/mol. The van der Waals surface area contributed by atoms with Crippen LogP contribution in [0.5, 0.6) is 0 Å². The van der Waals surface area contributed by atoms with Gasteiger partial charge in [0.2, 0.25) is 5.91 Å². The van der Waals surface area contributed by atoms with Crippen LogP contribution in [0.3, 0.4) is 0 Å². The van der Waals surface area contributed by atoms with Crippen LogP contribution in [0.25, 0.3) is 0 Å². The highest BCUT2D eigenvalue weighted by Gasteiger charge is 2.33. The van der Waals surface area contributed by atoms with Crippen LogP contribution < -0.4 is 5.73 Å². The Balaban J connectivity index is 0.00000144. The number of amides is 1. The Kier molecular flexibility index (Phi) is 8.51. The lowest BCUT2D eigenvalue weighted by atomic mass is 10.0. The Morgan fingerprint density at radius 1 is 1.08 bits per heavy atom. The molecule has 2 aliphatic rings. The average Bonchev–Trinajstić information content (AvgIpc) is 3.05. The van der Waals surface area contributed by atoms with Gasteiger partial charge in [-0.15, -0.1) is 24.8 Å². The van der Waals surface area contributed by atoms with Crippen LogP contribution in [0, 0.1) is 6.92 Å². The van der Waals surface area contributed by atoms with Gasteiger partial charge in [0.25, 0.3) is 0 Å². The first kappa shape index (κ1) is 21.2. The van der Waals surface area contributed by atoms with E-state index in [1.54, 1.807) is 0 Å². The van der Waals surface area contributed by atoms with Crippen LogP contribution in [0.1, 0.15) is 42.9 Å². The maximum atomic E-state index is 12.6. The van der Waals surface area contributed by atoms with E-state index in [4.69, 9.17) is 5.73 Å². The number of carbonyl (C=O) groups excluding carboxylic acids is 1. The normalized spacial score (nSPS) is 22.4. The first-order valence-electron chi connectivity index (χ1n) is 8.50. The van der Waals surface area contributed by atoms with Crippen LogP contribution in [-0.4, -0.2) is 47.9 Å². The van der Waals surface area contributed by atoms with Crippen LogP contribution in [0.2, 0.25) is 0 Å². The van der Waals surface area contributed by atoms with Gasteiger partial charge in [-0.1, -0.05) is 36.2 Å². The highest BCUT2D eigenvalue weighted by atomic mass is 35.5. The van der Waals surface area contributed by atoms with Crippen LogP contribution in [-0.2, 0) is 4.79 Å². The molecule has 2 saturated heterocycles. The van der Waals surface area contributed by atoms with Gasteiger partial charge in [-0.2, -0.15) is 0 Å². The second-order valence-corrected chi connectivity index (χ2v) is 6.71. The lowest BCUT2D eigenvalue weighted by molar-refractivity contribution is -0.131. The van der Waals surface area contributed by atoms with Gasteiger partial charge in [-0.05, 0) is 44.8 Å². The number of hydrogen-bond acceptors (Lipinski definition) is 3. The van der Waals surface area contributed by atoms with Crippen molar-refractivity contribution < 1.29 is 4.79 Å². The predicted molar refractivity (Wildman–Crippen MR) is 103 cm³/mol. The molecule has 2 aliphatic heterocycles. The number of piperidine rings is 1. The molecule has 2 atom stereocenters. The molecule has 0 aromatic heterocycles. The second kappa shape index (κ2) is 9.62. The lowest BCUT2D eigenvalue weighted by Gasteiger charge is -2.32. The fourth-order valence-corrected chi connectivity index (χ4v) is 3.64. The summed E-state index contributed by atoms with van der Waals surface area (Å²) in [6.45, 7) is 6.12. The van der Waals surface area contributed by atoms with E-state index in [0.29, 0.717) is 6.04 Å². The highest BCUT2D eigenvalue weighted by Crippen LogP contribution is 2.23. The summed E-state index contributed by atoms with van der Waals surface area (Å²) >= 11 is 0. The smallest absolute Gasteiger partial charge is 0.244 e. The van der Waals surface area contributed by atoms with Gasteiger partial charge in [0.05, 0.1) is 0 Å². The standard InChI is InChI=1S/C18H27N3O.2ClH/c1-14-5-7-15(8-6-14)17(19)18(22)21-12-9-16(13-21)20-10-3-2-4-11-20;;/h5-8,16-17H,2-4,9-13,19H2,1H3;2*1H. The van der Waals surface area contributed by atoms with Gasteiger partial charge in [0, 0.05) is 19.1 Å². The SMILES string of the molecule is Cc1ccc(C(N)C(=O)N2CCC(N3CCCCC3)C2)cc1.Cl.Cl. The molecule has 3 rings (SSSR count). The minimum Gasteiger partial charge on any atom is -0.339 e. The number of carbonyl (C=O) groups is 1. The molecule has 1 aromatic rings. The summed E-state index contributed by atoms with van der Waals surface area (Å²) in [5.41, 5.74) is 8.29. The number of nitrogens with zero attached hydrogens (tertiary/aromatic N) is 2. The van der Waals surface area contributed by atoms with Crippen molar-refractivity contribution in [3.63, 3.8) is 0 Å². The maximum Gasteiger partial charge on any atom is 0.244 e. The van der Waals surface area contributed by atoms with Crippen molar-refractivity contribution in [2.75, 3.05) is 26.2 Å². The zero-order chi connectivity index (χ0) is 15.5. The summed E-state index contributed by atoms with van der Waals surface area (Å²) in [6, 6.07) is 7.98. The largest absolute Gasteiger partial charge is 0.339 e. The van der Waals surface area contributed by atoms with Gasteiger partial charge < -0.3 is 10.6 Å². The van der Waals surface area contributed by atoms with Gasteiger partial charge >= 0.3 is 0 Å². The molecule has 2 N–H and O–H groups in total. The molecular formula is C18H29Cl2N3O. The number of hydrogen-bond donors (Lipinski definition) is 1. The molecular weight excluding hydrogens is 345 g/mol. The van der Waals surface area contributed by atoms with Crippen molar-refractivity contribution in [2.45, 2.75) is 44.7 Å². The fourth-order valence-electron chi connectivity index (χ4n) is 3.64. The number of aryl methyl sites for hydroxylation is 1. The third-order valence-corrected chi connectivity index (χ3v) is 5.08. The average molecular weight is 374 g/mol. The summed E-state index contributed by atoms with van der Waals surface area (Å²) in [4.78, 5) is 17.2. The maximum absolute atomic E-state index is 12.6. The molecule has 0 radical (unpaired) electrons. The summed E-state index contributed by atoms with van der Waals surface area (Å²) < 4.78 is 0. The van der Waals surface area contributed by atoms with Gasteiger partial charge in [-0.25, -0.2) is 0 Å². The molecule has 4 nitrogen and oxygen atoms in total. The van der Waals surface area contributed by atoms with Gasteiger partial charge in [0.1, 0.15) is 6.04 Å². The van der Waals surface area contributed by atoms with E-state index >= 15 is 0 Å². The predicted octanol–water partition coefficient (Wildman–Crippen LogP) is 2.93. The summed E-state index contributed by atoms with van der Waals surface area (Å²) in [5, 5.41) is 0. The molecule has 2 unspecified atom stereocenters. The third kappa shape index (κ3) is 4.85. The Hall–Kier alpha value is -0.810. The minimum atomic E-state index is -0.527. The number of benzene rings is 1. The van der Waals surface area contributed by atoms with E-state index in [1.165, 1.54) is 37.9 Å². The third-order valence-electron chi connectivity index (χ3n) is 5.08. The first-order chi connectivity index (χ1) is 10.6. The first-order valence-corrected chi connectivity index (χ1v) is 8.50. The van der Waals surface area contributed by atoms with Crippen LogP contribution in [0.4, 0.5) is 0 Å². The summed E-state index contributed by atoms with van der Waals surface area (Å²) in [5.74, 6) is 0.0726. The molecule has 2 heterocycles.